The minimum Gasteiger partial charge on any atom is -0.350 e. The van der Waals surface area contributed by atoms with Crippen LogP contribution in [0.1, 0.15) is 39.8 Å². The predicted octanol–water partition coefficient (Wildman–Crippen LogP) is 4.85. The molecule has 0 N–H and O–H groups in total. The first kappa shape index (κ1) is 23.0. The molecular weight excluding hydrogens is 440 g/mol. The topological polar surface area (TPSA) is 41.4 Å². The number of carbonyl (C=O) groups is 1. The van der Waals surface area contributed by atoms with Gasteiger partial charge < -0.3 is 14.4 Å². The zero-order valence-electron chi connectivity index (χ0n) is 19.1. The first-order valence-corrected chi connectivity index (χ1v) is 12.4. The van der Waals surface area contributed by atoms with E-state index in [1.807, 2.05) is 22.7 Å². The molecule has 2 aliphatic heterocycles. The van der Waals surface area contributed by atoms with Crippen LogP contribution in [0.25, 0.3) is 10.9 Å². The van der Waals surface area contributed by atoms with Gasteiger partial charge in [-0.1, -0.05) is 24.3 Å². The number of aromatic nitrogens is 2. The Hall–Kier alpha value is -2.18. The summed E-state index contributed by atoms with van der Waals surface area (Å²) in [6.45, 7) is 10.8. The van der Waals surface area contributed by atoms with Crippen molar-refractivity contribution in [1.29, 1.82) is 0 Å². The Kier molecular flexibility index (Phi) is 6.72. The number of halogens is 1. The van der Waals surface area contributed by atoms with Crippen molar-refractivity contribution >= 4 is 46.8 Å². The van der Waals surface area contributed by atoms with E-state index in [1.54, 1.807) is 0 Å². The SMILES string of the molecule is CCn1c(C)c(C)c2cc(C(=O)N3CCSCC3)nc(N3CCc4ccccc4C3)c21.Cl. The summed E-state index contributed by atoms with van der Waals surface area (Å²) in [7, 11) is 0. The van der Waals surface area contributed by atoms with Crippen molar-refractivity contribution in [3.05, 3.63) is 58.4 Å². The third kappa shape index (κ3) is 3.88. The summed E-state index contributed by atoms with van der Waals surface area (Å²) >= 11 is 1.92. The van der Waals surface area contributed by atoms with Crippen molar-refractivity contribution in [3.63, 3.8) is 0 Å². The van der Waals surface area contributed by atoms with Gasteiger partial charge in [-0.2, -0.15) is 11.8 Å². The third-order valence-corrected chi connectivity index (χ3v) is 7.80. The second-order valence-corrected chi connectivity index (χ2v) is 9.75. The van der Waals surface area contributed by atoms with E-state index < -0.39 is 0 Å². The number of hydrogen-bond acceptors (Lipinski definition) is 4. The lowest BCUT2D eigenvalue weighted by Gasteiger charge is -2.31. The maximum Gasteiger partial charge on any atom is 0.272 e. The molecule has 0 unspecified atom stereocenters. The Labute approximate surface area is 200 Å². The minimum absolute atomic E-state index is 0. The molecule has 0 spiro atoms. The number of nitrogens with zero attached hydrogens (tertiary/aromatic N) is 4. The monoisotopic (exact) mass is 470 g/mol. The number of aryl methyl sites for hydroxylation is 2. The molecule has 1 fully saturated rings. The van der Waals surface area contributed by atoms with Crippen LogP contribution in [0.4, 0.5) is 5.82 Å². The van der Waals surface area contributed by atoms with Crippen LogP contribution >= 0.6 is 24.2 Å². The highest BCUT2D eigenvalue weighted by atomic mass is 35.5. The van der Waals surface area contributed by atoms with Crippen LogP contribution in [-0.4, -0.2) is 51.5 Å². The molecule has 2 aliphatic rings. The van der Waals surface area contributed by atoms with Crippen LogP contribution in [0.3, 0.4) is 0 Å². The number of amides is 1. The van der Waals surface area contributed by atoms with E-state index in [1.165, 1.54) is 27.9 Å². The highest BCUT2D eigenvalue weighted by Crippen LogP contribution is 2.35. The second-order valence-electron chi connectivity index (χ2n) is 8.53. The van der Waals surface area contributed by atoms with E-state index in [0.717, 1.165) is 61.9 Å². The fourth-order valence-electron chi connectivity index (χ4n) is 4.97. The van der Waals surface area contributed by atoms with E-state index >= 15 is 0 Å². The fourth-order valence-corrected chi connectivity index (χ4v) is 5.88. The lowest BCUT2D eigenvalue weighted by molar-refractivity contribution is 0.0766. The quantitative estimate of drug-likeness (QED) is 0.549. The molecule has 4 heterocycles. The van der Waals surface area contributed by atoms with Crippen molar-refractivity contribution in [1.82, 2.24) is 14.5 Å². The first-order valence-electron chi connectivity index (χ1n) is 11.3. The van der Waals surface area contributed by atoms with Crippen LogP contribution in [-0.2, 0) is 19.5 Å². The Balaban J connectivity index is 0.00000245. The van der Waals surface area contributed by atoms with Gasteiger partial charge in [-0.25, -0.2) is 4.98 Å². The average molecular weight is 471 g/mol. The maximum absolute atomic E-state index is 13.4. The smallest absolute Gasteiger partial charge is 0.272 e. The van der Waals surface area contributed by atoms with Gasteiger partial charge in [-0.3, -0.25) is 4.79 Å². The summed E-state index contributed by atoms with van der Waals surface area (Å²) in [5.41, 5.74) is 7.05. The summed E-state index contributed by atoms with van der Waals surface area (Å²) in [5, 5.41) is 1.16. The highest BCUT2D eigenvalue weighted by Gasteiger charge is 2.27. The standard InChI is InChI=1S/C25H30N4OS.ClH/c1-4-29-18(3)17(2)21-15-22(25(30)27-11-13-31-14-12-27)26-24(23(21)29)28-10-9-19-7-5-6-8-20(19)16-28;/h5-8,15H,4,9-14,16H2,1-3H3;1H. The number of rotatable bonds is 3. The molecule has 1 aromatic carbocycles. The Morgan fingerprint density at radius 2 is 1.81 bits per heavy atom. The van der Waals surface area contributed by atoms with Gasteiger partial charge in [0.15, 0.2) is 5.82 Å². The molecule has 7 heteroatoms. The van der Waals surface area contributed by atoms with Crippen LogP contribution in [0, 0.1) is 13.8 Å². The van der Waals surface area contributed by atoms with E-state index in [-0.39, 0.29) is 18.3 Å². The van der Waals surface area contributed by atoms with E-state index in [9.17, 15) is 4.79 Å². The fraction of sp³-hybridized carbons (Fsp3) is 0.440. The largest absolute Gasteiger partial charge is 0.350 e. The second kappa shape index (κ2) is 9.36. The first-order chi connectivity index (χ1) is 15.1. The van der Waals surface area contributed by atoms with Crippen LogP contribution in [0.2, 0.25) is 0 Å². The summed E-state index contributed by atoms with van der Waals surface area (Å²) in [6.07, 6.45) is 1.01. The van der Waals surface area contributed by atoms with Crippen molar-refractivity contribution in [2.75, 3.05) is 36.0 Å². The van der Waals surface area contributed by atoms with Gasteiger partial charge in [0.1, 0.15) is 5.69 Å². The van der Waals surface area contributed by atoms with Gasteiger partial charge in [0, 0.05) is 55.3 Å². The van der Waals surface area contributed by atoms with Crippen LogP contribution < -0.4 is 4.90 Å². The molecule has 5 nitrogen and oxygen atoms in total. The molecule has 2 aromatic heterocycles. The van der Waals surface area contributed by atoms with Crippen molar-refractivity contribution in [2.24, 2.45) is 0 Å². The number of fused-ring (bicyclic) bond motifs is 2. The zero-order chi connectivity index (χ0) is 21.5. The molecule has 1 amide bonds. The highest BCUT2D eigenvalue weighted by molar-refractivity contribution is 7.99. The third-order valence-electron chi connectivity index (χ3n) is 6.86. The summed E-state index contributed by atoms with van der Waals surface area (Å²) in [6, 6.07) is 10.7. The molecule has 32 heavy (non-hydrogen) atoms. The average Bonchev–Trinajstić information content (AvgIpc) is 3.07. The summed E-state index contributed by atoms with van der Waals surface area (Å²) in [4.78, 5) is 22.8. The molecular formula is C25H31ClN4OS. The molecule has 3 aromatic rings. The zero-order valence-corrected chi connectivity index (χ0v) is 20.7. The number of carbonyl (C=O) groups excluding carboxylic acids is 1. The molecule has 0 atom stereocenters. The number of hydrogen-bond donors (Lipinski definition) is 0. The Morgan fingerprint density at radius 3 is 2.53 bits per heavy atom. The van der Waals surface area contributed by atoms with Gasteiger partial charge in [-0.05, 0) is 49.9 Å². The lowest BCUT2D eigenvalue weighted by atomic mass is 10.00. The number of pyridine rings is 1. The van der Waals surface area contributed by atoms with Gasteiger partial charge in [-0.15, -0.1) is 12.4 Å². The van der Waals surface area contributed by atoms with E-state index in [2.05, 4.69) is 54.5 Å². The van der Waals surface area contributed by atoms with Gasteiger partial charge >= 0.3 is 0 Å². The van der Waals surface area contributed by atoms with Gasteiger partial charge in [0.25, 0.3) is 5.91 Å². The minimum atomic E-state index is 0. The molecule has 0 radical (unpaired) electrons. The van der Waals surface area contributed by atoms with Gasteiger partial charge in [0.2, 0.25) is 0 Å². The summed E-state index contributed by atoms with van der Waals surface area (Å²) in [5.74, 6) is 3.05. The molecule has 5 rings (SSSR count). The number of benzene rings is 1. The predicted molar refractivity (Wildman–Crippen MR) is 137 cm³/mol. The van der Waals surface area contributed by atoms with E-state index in [4.69, 9.17) is 4.98 Å². The molecule has 0 bridgehead atoms. The molecule has 1 saturated heterocycles. The number of anilines is 1. The lowest BCUT2D eigenvalue weighted by Crippen LogP contribution is -2.38. The van der Waals surface area contributed by atoms with Crippen LogP contribution in [0.15, 0.2) is 30.3 Å². The van der Waals surface area contributed by atoms with Gasteiger partial charge in [0.05, 0.1) is 5.52 Å². The molecule has 0 aliphatic carbocycles. The van der Waals surface area contributed by atoms with Crippen LogP contribution in [0.5, 0.6) is 0 Å². The molecule has 170 valence electrons. The number of thioether (sulfide) groups is 1. The van der Waals surface area contributed by atoms with E-state index in [0.29, 0.717) is 5.69 Å². The van der Waals surface area contributed by atoms with Crippen molar-refractivity contribution in [3.8, 4) is 0 Å². The molecule has 0 saturated carbocycles. The van der Waals surface area contributed by atoms with Crippen molar-refractivity contribution in [2.45, 2.75) is 40.3 Å². The maximum atomic E-state index is 13.4. The Bertz CT molecular complexity index is 1150. The Morgan fingerprint density at radius 1 is 1.09 bits per heavy atom. The van der Waals surface area contributed by atoms with Crippen molar-refractivity contribution < 1.29 is 4.79 Å². The normalized spacial score (nSPS) is 16.1. The summed E-state index contributed by atoms with van der Waals surface area (Å²) < 4.78 is 2.36.